The quantitative estimate of drug-likeness (QED) is 0.522. The molecule has 0 N–H and O–H groups in total. The predicted octanol–water partition coefficient (Wildman–Crippen LogP) is 1.84. The fourth-order valence-electron chi connectivity index (χ4n) is 0.707. The minimum Gasteiger partial charge on any atom is -0.460 e. The number of carbonyl (C=O) groups is 1. The molecule has 0 aliphatic carbocycles. The van der Waals surface area contributed by atoms with Crippen molar-refractivity contribution in [2.75, 3.05) is 12.8 Å². The van der Waals surface area contributed by atoms with Gasteiger partial charge < -0.3 is 9.26 Å². The van der Waals surface area contributed by atoms with Crippen LogP contribution in [0.2, 0.25) is 0 Å². The van der Waals surface area contributed by atoms with E-state index in [1.54, 1.807) is 27.7 Å². The summed E-state index contributed by atoms with van der Waals surface area (Å²) in [6.45, 7) is 7.40. The maximum Gasteiger partial charge on any atom is 0.315 e. The van der Waals surface area contributed by atoms with Crippen LogP contribution >= 0.6 is 8.03 Å². The zero-order valence-electron chi connectivity index (χ0n) is 8.55. The van der Waals surface area contributed by atoms with Crippen molar-refractivity contribution < 1.29 is 18.6 Å². The molecular formula is C8H17O4P. The minimum atomic E-state index is -2.24. The molecule has 13 heavy (non-hydrogen) atoms. The average Bonchev–Trinajstić information content (AvgIpc) is 1.81. The van der Waals surface area contributed by atoms with Gasteiger partial charge in [0.05, 0.1) is 6.61 Å². The molecule has 0 aromatic carbocycles. The van der Waals surface area contributed by atoms with Crippen LogP contribution in [-0.4, -0.2) is 24.3 Å². The lowest BCUT2D eigenvalue weighted by Crippen LogP contribution is -2.25. The maximum absolute atomic E-state index is 11.1. The molecule has 5 heteroatoms. The van der Waals surface area contributed by atoms with Crippen LogP contribution < -0.4 is 0 Å². The van der Waals surface area contributed by atoms with Gasteiger partial charge >= 0.3 is 5.97 Å². The second kappa shape index (κ2) is 5.40. The van der Waals surface area contributed by atoms with Gasteiger partial charge in [-0.05, 0) is 27.7 Å². The van der Waals surface area contributed by atoms with Crippen molar-refractivity contribution in [3.8, 4) is 0 Å². The SMILES string of the molecule is CCO[PH](=O)CC(=O)OC(C)(C)C. The molecule has 0 rings (SSSR count). The van der Waals surface area contributed by atoms with Gasteiger partial charge in [-0.2, -0.15) is 0 Å². The third-order valence-electron chi connectivity index (χ3n) is 1.01. The zero-order valence-corrected chi connectivity index (χ0v) is 9.55. The molecule has 0 amide bonds. The summed E-state index contributed by atoms with van der Waals surface area (Å²) in [7, 11) is -2.24. The van der Waals surface area contributed by atoms with Crippen LogP contribution in [0.1, 0.15) is 27.7 Å². The van der Waals surface area contributed by atoms with E-state index >= 15 is 0 Å². The van der Waals surface area contributed by atoms with Crippen LogP contribution in [-0.2, 0) is 18.6 Å². The van der Waals surface area contributed by atoms with Crippen molar-refractivity contribution in [2.45, 2.75) is 33.3 Å². The molecule has 0 aliphatic rings. The summed E-state index contributed by atoms with van der Waals surface area (Å²) in [5.74, 6) is -0.468. The Kier molecular flexibility index (Phi) is 5.26. The summed E-state index contributed by atoms with van der Waals surface area (Å²) in [5, 5.41) is 0. The molecule has 0 saturated heterocycles. The van der Waals surface area contributed by atoms with Gasteiger partial charge in [-0.15, -0.1) is 0 Å². The highest BCUT2D eigenvalue weighted by molar-refractivity contribution is 7.40. The summed E-state index contributed by atoms with van der Waals surface area (Å²) in [5.41, 5.74) is -0.522. The van der Waals surface area contributed by atoms with E-state index < -0.39 is 19.6 Å². The highest BCUT2D eigenvalue weighted by Crippen LogP contribution is 2.22. The molecule has 0 radical (unpaired) electrons. The average molecular weight is 208 g/mol. The summed E-state index contributed by atoms with van der Waals surface area (Å²) >= 11 is 0. The zero-order chi connectivity index (χ0) is 10.5. The molecule has 1 unspecified atom stereocenters. The van der Waals surface area contributed by atoms with Gasteiger partial charge in [0.1, 0.15) is 11.8 Å². The van der Waals surface area contributed by atoms with Gasteiger partial charge in [0.2, 0.25) is 8.03 Å². The van der Waals surface area contributed by atoms with E-state index in [0.717, 1.165) is 0 Å². The van der Waals surface area contributed by atoms with Gasteiger partial charge in [-0.25, -0.2) is 0 Å². The standard InChI is InChI=1S/C8H17O4P/c1-5-11-13(10)6-7(9)12-8(2,3)4/h13H,5-6H2,1-4H3. The fraction of sp³-hybridized carbons (Fsp3) is 0.875. The number of ether oxygens (including phenoxy) is 1. The first kappa shape index (κ1) is 12.7. The molecule has 0 aromatic rings. The van der Waals surface area contributed by atoms with Crippen LogP contribution in [0.3, 0.4) is 0 Å². The van der Waals surface area contributed by atoms with Gasteiger partial charge in [0.15, 0.2) is 0 Å². The topological polar surface area (TPSA) is 52.6 Å². The molecule has 0 heterocycles. The summed E-state index contributed by atoms with van der Waals surface area (Å²) in [6.07, 6.45) is -0.129. The van der Waals surface area contributed by atoms with Crippen molar-refractivity contribution in [3.05, 3.63) is 0 Å². The van der Waals surface area contributed by atoms with E-state index in [-0.39, 0.29) is 6.16 Å². The molecule has 0 fully saturated rings. The summed E-state index contributed by atoms with van der Waals surface area (Å²) in [6, 6.07) is 0. The number of hydrogen-bond donors (Lipinski definition) is 0. The minimum absolute atomic E-state index is 0.129. The summed E-state index contributed by atoms with van der Waals surface area (Å²) in [4.78, 5) is 11.1. The Hall–Kier alpha value is -0.340. The number of rotatable bonds is 4. The third kappa shape index (κ3) is 8.00. The molecule has 0 aromatic heterocycles. The predicted molar refractivity (Wildman–Crippen MR) is 51.3 cm³/mol. The molecule has 78 valence electrons. The van der Waals surface area contributed by atoms with Gasteiger partial charge in [0.25, 0.3) is 0 Å². The van der Waals surface area contributed by atoms with Crippen molar-refractivity contribution in [1.82, 2.24) is 0 Å². The molecule has 0 bridgehead atoms. The molecule has 0 saturated carbocycles. The molecule has 0 aliphatic heterocycles. The second-order valence-electron chi connectivity index (χ2n) is 3.57. The lowest BCUT2D eigenvalue weighted by atomic mass is 10.2. The highest BCUT2D eigenvalue weighted by atomic mass is 31.1. The van der Waals surface area contributed by atoms with E-state index in [1.165, 1.54) is 0 Å². The van der Waals surface area contributed by atoms with Crippen LogP contribution in [0.15, 0.2) is 0 Å². The number of esters is 1. The van der Waals surface area contributed by atoms with E-state index in [0.29, 0.717) is 6.61 Å². The largest absolute Gasteiger partial charge is 0.460 e. The normalized spacial score (nSPS) is 13.8. The second-order valence-corrected chi connectivity index (χ2v) is 4.95. The van der Waals surface area contributed by atoms with Crippen molar-refractivity contribution >= 4 is 14.0 Å². The number of carbonyl (C=O) groups excluding carboxylic acids is 1. The van der Waals surface area contributed by atoms with Crippen LogP contribution in [0.25, 0.3) is 0 Å². The molecule has 4 nitrogen and oxygen atoms in total. The Morgan fingerprint density at radius 1 is 1.38 bits per heavy atom. The van der Waals surface area contributed by atoms with Crippen LogP contribution in [0, 0.1) is 0 Å². The lowest BCUT2D eigenvalue weighted by molar-refractivity contribution is -0.151. The van der Waals surface area contributed by atoms with Crippen LogP contribution in [0.5, 0.6) is 0 Å². The first-order valence-corrected chi connectivity index (χ1v) is 5.75. The maximum atomic E-state index is 11.1. The number of hydrogen-bond acceptors (Lipinski definition) is 4. The molecule has 1 atom stereocenters. The first-order chi connectivity index (χ1) is 5.85. The third-order valence-corrected chi connectivity index (χ3v) is 2.20. The smallest absolute Gasteiger partial charge is 0.315 e. The Labute approximate surface area is 79.5 Å². The fourth-order valence-corrected chi connectivity index (χ4v) is 1.44. The Morgan fingerprint density at radius 3 is 2.31 bits per heavy atom. The lowest BCUT2D eigenvalue weighted by Gasteiger charge is -2.19. The van der Waals surface area contributed by atoms with Crippen molar-refractivity contribution in [3.63, 3.8) is 0 Å². The Balaban J connectivity index is 3.82. The van der Waals surface area contributed by atoms with Crippen molar-refractivity contribution in [2.24, 2.45) is 0 Å². The monoisotopic (exact) mass is 208 g/mol. The van der Waals surface area contributed by atoms with Gasteiger partial charge in [0, 0.05) is 0 Å². The van der Waals surface area contributed by atoms with E-state index in [9.17, 15) is 9.36 Å². The first-order valence-electron chi connectivity index (χ1n) is 4.22. The summed E-state index contributed by atoms with van der Waals surface area (Å²) < 4.78 is 20.7. The van der Waals surface area contributed by atoms with Gasteiger partial charge in [-0.3, -0.25) is 9.36 Å². The van der Waals surface area contributed by atoms with E-state index in [1.807, 2.05) is 0 Å². The molecular weight excluding hydrogens is 191 g/mol. The Bertz CT molecular complexity index is 195. The Morgan fingerprint density at radius 2 is 1.92 bits per heavy atom. The molecule has 0 spiro atoms. The van der Waals surface area contributed by atoms with Crippen molar-refractivity contribution in [1.29, 1.82) is 0 Å². The van der Waals surface area contributed by atoms with E-state index in [2.05, 4.69) is 0 Å². The van der Waals surface area contributed by atoms with Gasteiger partial charge in [-0.1, -0.05) is 0 Å². The highest BCUT2D eigenvalue weighted by Gasteiger charge is 2.17. The van der Waals surface area contributed by atoms with E-state index in [4.69, 9.17) is 9.26 Å². The van der Waals surface area contributed by atoms with Crippen LogP contribution in [0.4, 0.5) is 0 Å².